The molecule has 32 heavy (non-hydrogen) atoms. The van der Waals surface area contributed by atoms with Crippen LogP contribution in [0.4, 0.5) is 0 Å². The molecule has 0 aromatic heterocycles. The first-order valence-corrected chi connectivity index (χ1v) is 10.4. The van der Waals surface area contributed by atoms with Gasteiger partial charge in [-0.3, -0.25) is 4.79 Å². The Morgan fingerprint density at radius 3 is 2.34 bits per heavy atom. The van der Waals surface area contributed by atoms with Crippen molar-refractivity contribution >= 4 is 11.9 Å². The number of para-hydroxylation sites is 1. The summed E-state index contributed by atoms with van der Waals surface area (Å²) in [4.78, 5) is 15.2. The van der Waals surface area contributed by atoms with E-state index in [4.69, 9.17) is 14.2 Å². The lowest BCUT2D eigenvalue weighted by Crippen LogP contribution is -2.20. The van der Waals surface area contributed by atoms with Crippen molar-refractivity contribution in [2.75, 3.05) is 41.5 Å². The van der Waals surface area contributed by atoms with Gasteiger partial charge in [0.2, 0.25) is 0 Å². The molecule has 5 heteroatoms. The maximum atomic E-state index is 13.2. The smallest absolute Gasteiger partial charge is 0.189 e. The molecule has 0 N–H and O–H groups in total. The van der Waals surface area contributed by atoms with Gasteiger partial charge in [-0.2, -0.15) is 0 Å². The minimum atomic E-state index is -0.127. The van der Waals surface area contributed by atoms with E-state index in [1.807, 2.05) is 85.7 Å². The van der Waals surface area contributed by atoms with Crippen molar-refractivity contribution in [3.05, 3.63) is 83.9 Å². The summed E-state index contributed by atoms with van der Waals surface area (Å²) in [5.41, 5.74) is 3.23. The Labute approximate surface area is 189 Å². The van der Waals surface area contributed by atoms with Crippen molar-refractivity contribution in [1.82, 2.24) is 4.90 Å². The molecule has 0 bridgehead atoms. The lowest BCUT2D eigenvalue weighted by molar-refractivity contribution is 0.104. The first-order valence-electron chi connectivity index (χ1n) is 10.4. The van der Waals surface area contributed by atoms with Gasteiger partial charge >= 0.3 is 0 Å². The topological polar surface area (TPSA) is 48.0 Å². The van der Waals surface area contributed by atoms with Gasteiger partial charge in [0.25, 0.3) is 0 Å². The normalized spacial score (nSPS) is 11.0. The van der Waals surface area contributed by atoms with E-state index in [1.165, 1.54) is 0 Å². The SMILES string of the molecule is COc1ccc(C=CC(=O)c2cc(-c3ccccc3OC)ccc2OCCN(C)C)cc1. The van der Waals surface area contributed by atoms with Crippen LogP contribution in [0.3, 0.4) is 0 Å². The number of ether oxygens (including phenoxy) is 3. The second kappa shape index (κ2) is 11.2. The number of benzene rings is 3. The fraction of sp³-hybridized carbons (Fsp3) is 0.222. The number of hydrogen-bond donors (Lipinski definition) is 0. The largest absolute Gasteiger partial charge is 0.497 e. The molecule has 0 saturated carbocycles. The predicted octanol–water partition coefficient (Wildman–Crippen LogP) is 5.21. The van der Waals surface area contributed by atoms with Crippen molar-refractivity contribution in [2.45, 2.75) is 0 Å². The molecule has 3 aromatic rings. The molecule has 166 valence electrons. The fourth-order valence-electron chi connectivity index (χ4n) is 3.21. The van der Waals surface area contributed by atoms with E-state index in [0.717, 1.165) is 34.7 Å². The number of rotatable bonds is 10. The van der Waals surface area contributed by atoms with Gasteiger partial charge in [0, 0.05) is 12.1 Å². The average Bonchev–Trinajstić information content (AvgIpc) is 2.82. The highest BCUT2D eigenvalue weighted by Gasteiger charge is 2.14. The Balaban J connectivity index is 1.93. The van der Waals surface area contributed by atoms with E-state index in [1.54, 1.807) is 26.4 Å². The molecular weight excluding hydrogens is 402 g/mol. The highest BCUT2D eigenvalue weighted by Crippen LogP contribution is 2.33. The molecule has 0 radical (unpaired) electrons. The number of nitrogens with zero attached hydrogens (tertiary/aromatic N) is 1. The third-order valence-corrected chi connectivity index (χ3v) is 5.00. The summed E-state index contributed by atoms with van der Waals surface area (Å²) in [5, 5.41) is 0. The minimum absolute atomic E-state index is 0.127. The van der Waals surface area contributed by atoms with E-state index < -0.39 is 0 Å². The first kappa shape index (κ1) is 23.1. The van der Waals surface area contributed by atoms with Crippen LogP contribution in [0.2, 0.25) is 0 Å². The zero-order valence-electron chi connectivity index (χ0n) is 19.0. The van der Waals surface area contributed by atoms with Crippen LogP contribution < -0.4 is 14.2 Å². The Morgan fingerprint density at radius 2 is 1.66 bits per heavy atom. The summed E-state index contributed by atoms with van der Waals surface area (Å²) in [7, 11) is 7.23. The molecule has 0 aliphatic rings. The molecule has 0 aliphatic heterocycles. The maximum absolute atomic E-state index is 13.2. The average molecular weight is 432 g/mol. The van der Waals surface area contributed by atoms with Gasteiger partial charge in [0.1, 0.15) is 23.9 Å². The van der Waals surface area contributed by atoms with Crippen LogP contribution in [0.25, 0.3) is 17.2 Å². The summed E-state index contributed by atoms with van der Waals surface area (Å²) in [5.74, 6) is 1.96. The summed E-state index contributed by atoms with van der Waals surface area (Å²) < 4.78 is 16.6. The van der Waals surface area contributed by atoms with E-state index in [-0.39, 0.29) is 5.78 Å². The van der Waals surface area contributed by atoms with Crippen LogP contribution in [0.1, 0.15) is 15.9 Å². The minimum Gasteiger partial charge on any atom is -0.497 e. The maximum Gasteiger partial charge on any atom is 0.189 e. The predicted molar refractivity (Wildman–Crippen MR) is 129 cm³/mol. The third-order valence-electron chi connectivity index (χ3n) is 5.00. The van der Waals surface area contributed by atoms with Gasteiger partial charge in [-0.15, -0.1) is 0 Å². The number of allylic oxidation sites excluding steroid dienone is 1. The highest BCUT2D eigenvalue weighted by atomic mass is 16.5. The molecule has 0 heterocycles. The molecule has 0 unspecified atom stereocenters. The van der Waals surface area contributed by atoms with Gasteiger partial charge in [0.05, 0.1) is 19.8 Å². The van der Waals surface area contributed by atoms with Crippen molar-refractivity contribution in [1.29, 1.82) is 0 Å². The lowest BCUT2D eigenvalue weighted by atomic mass is 9.99. The van der Waals surface area contributed by atoms with Gasteiger partial charge < -0.3 is 19.1 Å². The van der Waals surface area contributed by atoms with Crippen LogP contribution in [0.15, 0.2) is 72.8 Å². The quantitative estimate of drug-likeness (QED) is 0.326. The van der Waals surface area contributed by atoms with Gasteiger partial charge in [-0.25, -0.2) is 0 Å². The van der Waals surface area contributed by atoms with Crippen LogP contribution in [-0.2, 0) is 0 Å². The molecule has 0 aliphatic carbocycles. The Morgan fingerprint density at radius 1 is 0.906 bits per heavy atom. The summed E-state index contributed by atoms with van der Waals surface area (Å²) in [6, 6.07) is 21.0. The number of hydrogen-bond acceptors (Lipinski definition) is 5. The van der Waals surface area contributed by atoms with E-state index in [2.05, 4.69) is 0 Å². The summed E-state index contributed by atoms with van der Waals surface area (Å²) in [6.45, 7) is 1.24. The fourth-order valence-corrected chi connectivity index (χ4v) is 3.21. The molecular formula is C27H29NO4. The van der Waals surface area contributed by atoms with E-state index in [0.29, 0.717) is 17.9 Å². The van der Waals surface area contributed by atoms with Crippen molar-refractivity contribution < 1.29 is 19.0 Å². The Hall–Kier alpha value is -3.57. The zero-order valence-corrected chi connectivity index (χ0v) is 19.0. The molecule has 3 rings (SSSR count). The monoisotopic (exact) mass is 431 g/mol. The Bertz CT molecular complexity index is 1070. The van der Waals surface area contributed by atoms with Crippen LogP contribution in [0.5, 0.6) is 17.2 Å². The number of ketones is 1. The van der Waals surface area contributed by atoms with Gasteiger partial charge in [-0.05, 0) is 61.6 Å². The number of likely N-dealkylation sites (N-methyl/N-ethyl adjacent to an activating group) is 1. The molecule has 0 amide bonds. The van der Waals surface area contributed by atoms with E-state index >= 15 is 0 Å². The molecule has 5 nitrogen and oxygen atoms in total. The Kier molecular flexibility index (Phi) is 8.06. The third kappa shape index (κ3) is 5.99. The van der Waals surface area contributed by atoms with Crippen molar-refractivity contribution in [2.24, 2.45) is 0 Å². The van der Waals surface area contributed by atoms with E-state index in [9.17, 15) is 4.79 Å². The summed E-state index contributed by atoms with van der Waals surface area (Å²) in [6.07, 6.45) is 3.36. The van der Waals surface area contributed by atoms with Crippen molar-refractivity contribution in [3.63, 3.8) is 0 Å². The van der Waals surface area contributed by atoms with Crippen LogP contribution >= 0.6 is 0 Å². The van der Waals surface area contributed by atoms with Crippen molar-refractivity contribution in [3.8, 4) is 28.4 Å². The molecule has 0 fully saturated rings. The van der Waals surface area contributed by atoms with Gasteiger partial charge in [-0.1, -0.05) is 42.5 Å². The van der Waals surface area contributed by atoms with Gasteiger partial charge in [0.15, 0.2) is 5.78 Å². The molecule has 0 saturated heterocycles. The van der Waals surface area contributed by atoms with Crippen LogP contribution in [-0.4, -0.2) is 52.1 Å². The second-order valence-electron chi connectivity index (χ2n) is 7.53. The number of carbonyl (C=O) groups excluding carboxylic acids is 1. The van der Waals surface area contributed by atoms with Crippen LogP contribution in [0, 0.1) is 0 Å². The first-order chi connectivity index (χ1) is 15.5. The zero-order chi connectivity index (χ0) is 22.9. The summed E-state index contributed by atoms with van der Waals surface area (Å²) >= 11 is 0. The molecule has 3 aromatic carbocycles. The number of methoxy groups -OCH3 is 2. The highest BCUT2D eigenvalue weighted by molar-refractivity contribution is 6.09. The molecule has 0 spiro atoms. The lowest BCUT2D eigenvalue weighted by Gasteiger charge is -2.15. The second-order valence-corrected chi connectivity index (χ2v) is 7.53. The number of carbonyl (C=O) groups is 1. The standard InChI is InChI=1S/C27H29NO4/c1-28(2)17-18-32-27-16-12-21(23-7-5-6-8-26(23)31-4)19-24(27)25(29)15-11-20-9-13-22(30-3)14-10-20/h5-16,19H,17-18H2,1-4H3. The molecule has 0 atom stereocenters.